The molecule has 1 aromatic rings. The van der Waals surface area contributed by atoms with Crippen LogP contribution in [0.3, 0.4) is 0 Å². The second-order valence-electron chi connectivity index (χ2n) is 7.33. The van der Waals surface area contributed by atoms with Crippen LogP contribution in [0, 0.1) is 5.92 Å². The number of hydrogen-bond acceptors (Lipinski definition) is 4. The third kappa shape index (κ3) is 4.15. The van der Waals surface area contributed by atoms with Crippen molar-refractivity contribution in [1.82, 2.24) is 15.8 Å². The summed E-state index contributed by atoms with van der Waals surface area (Å²) in [6, 6.07) is 10.6. The Morgan fingerprint density at radius 2 is 1.92 bits per heavy atom. The summed E-state index contributed by atoms with van der Waals surface area (Å²) in [5.41, 5.74) is 14.2. The molecule has 5 heteroatoms. The Bertz CT molecular complexity index is 529. The van der Waals surface area contributed by atoms with E-state index in [4.69, 9.17) is 5.73 Å². The molecule has 24 heavy (non-hydrogen) atoms. The second-order valence-corrected chi connectivity index (χ2v) is 7.33. The van der Waals surface area contributed by atoms with Gasteiger partial charge in [-0.3, -0.25) is 10.2 Å². The van der Waals surface area contributed by atoms with Crippen LogP contribution in [-0.4, -0.2) is 36.5 Å². The summed E-state index contributed by atoms with van der Waals surface area (Å²) in [5, 5.41) is 0. The van der Waals surface area contributed by atoms with Gasteiger partial charge in [-0.05, 0) is 30.7 Å². The maximum atomic E-state index is 12.6. The maximum Gasteiger partial charge on any atom is 0.239 e. The lowest BCUT2D eigenvalue weighted by Gasteiger charge is -2.30. The molecule has 2 fully saturated rings. The summed E-state index contributed by atoms with van der Waals surface area (Å²) < 4.78 is 0. The van der Waals surface area contributed by atoms with Gasteiger partial charge in [0.2, 0.25) is 5.91 Å². The number of amides is 1. The van der Waals surface area contributed by atoms with Crippen LogP contribution in [0.5, 0.6) is 0 Å². The van der Waals surface area contributed by atoms with Crippen LogP contribution in [-0.2, 0) is 4.79 Å². The Balaban J connectivity index is 1.49. The van der Waals surface area contributed by atoms with E-state index in [-0.39, 0.29) is 18.0 Å². The van der Waals surface area contributed by atoms with Crippen molar-refractivity contribution in [2.45, 2.75) is 56.7 Å². The number of hydrogen-bond donors (Lipinski definition) is 3. The molecular formula is C19H30N4O. The van der Waals surface area contributed by atoms with Crippen molar-refractivity contribution in [3.05, 3.63) is 35.9 Å². The highest BCUT2D eigenvalue weighted by atomic mass is 16.2. The van der Waals surface area contributed by atoms with E-state index in [2.05, 4.69) is 35.1 Å². The minimum Gasteiger partial charge on any atom is -0.343 e. The Labute approximate surface area is 144 Å². The number of benzene rings is 1. The molecule has 4 N–H and O–H groups in total. The summed E-state index contributed by atoms with van der Waals surface area (Å²) in [6.07, 6.45) is 6.87. The van der Waals surface area contributed by atoms with E-state index in [1.54, 1.807) is 0 Å². The van der Waals surface area contributed by atoms with Crippen molar-refractivity contribution in [3.8, 4) is 0 Å². The average molecular weight is 330 g/mol. The lowest BCUT2D eigenvalue weighted by atomic mass is 9.84. The molecule has 2 unspecified atom stereocenters. The van der Waals surface area contributed by atoms with Crippen LogP contribution in [0.4, 0.5) is 0 Å². The van der Waals surface area contributed by atoms with E-state index in [0.717, 1.165) is 19.3 Å². The van der Waals surface area contributed by atoms with E-state index in [1.165, 1.54) is 24.8 Å². The fraction of sp³-hybridized carbons (Fsp3) is 0.632. The zero-order valence-corrected chi connectivity index (χ0v) is 14.6. The van der Waals surface area contributed by atoms with E-state index in [0.29, 0.717) is 18.5 Å². The first-order valence-electron chi connectivity index (χ1n) is 9.21. The Hall–Kier alpha value is -1.43. The molecule has 1 saturated heterocycles. The first-order chi connectivity index (χ1) is 11.6. The van der Waals surface area contributed by atoms with Crippen LogP contribution < -0.4 is 16.6 Å². The molecular weight excluding hydrogens is 300 g/mol. The smallest absolute Gasteiger partial charge is 0.239 e. The van der Waals surface area contributed by atoms with Gasteiger partial charge < -0.3 is 10.6 Å². The number of nitrogens with zero attached hydrogens (tertiary/aromatic N) is 1. The lowest BCUT2D eigenvalue weighted by Crippen LogP contribution is -2.50. The highest BCUT2D eigenvalue weighted by molar-refractivity contribution is 5.81. The molecule has 0 spiro atoms. The first kappa shape index (κ1) is 17.4. The normalized spacial score (nSPS) is 26.2. The second kappa shape index (κ2) is 8.10. The van der Waals surface area contributed by atoms with Gasteiger partial charge >= 0.3 is 0 Å². The molecule has 2 aliphatic rings. The summed E-state index contributed by atoms with van der Waals surface area (Å²) >= 11 is 0. The number of likely N-dealkylation sites (N-methyl/N-ethyl adjacent to an activating group) is 1. The monoisotopic (exact) mass is 330 g/mol. The van der Waals surface area contributed by atoms with Crippen molar-refractivity contribution in [3.63, 3.8) is 0 Å². The van der Waals surface area contributed by atoms with E-state index >= 15 is 0 Å². The van der Waals surface area contributed by atoms with E-state index in [9.17, 15) is 4.79 Å². The Morgan fingerprint density at radius 3 is 2.62 bits per heavy atom. The largest absolute Gasteiger partial charge is 0.343 e. The standard InChI is InChI=1S/C19H30N4O/c1-23(19(24)18(20)15-10-6-3-7-11-15)13-16-12-17(22-21-16)14-8-4-2-5-9-14/h2,4-5,8-9,15-18,21-22H,3,6-7,10-13,20H2,1H3/t16?,17?,18-/m1/s1. The maximum absolute atomic E-state index is 12.6. The van der Waals surface area contributed by atoms with Gasteiger partial charge in [-0.25, -0.2) is 5.43 Å². The predicted octanol–water partition coefficient (Wildman–Crippen LogP) is 1.96. The highest BCUT2D eigenvalue weighted by Gasteiger charge is 2.31. The molecule has 1 heterocycles. The van der Waals surface area contributed by atoms with Gasteiger partial charge in [-0.1, -0.05) is 49.6 Å². The third-order valence-corrected chi connectivity index (χ3v) is 5.50. The first-order valence-corrected chi connectivity index (χ1v) is 9.21. The van der Waals surface area contributed by atoms with Crippen molar-refractivity contribution in [2.24, 2.45) is 11.7 Å². The van der Waals surface area contributed by atoms with E-state index in [1.807, 2.05) is 18.0 Å². The Morgan fingerprint density at radius 1 is 1.21 bits per heavy atom. The van der Waals surface area contributed by atoms with Crippen molar-refractivity contribution in [1.29, 1.82) is 0 Å². The number of rotatable bonds is 5. The van der Waals surface area contributed by atoms with Gasteiger partial charge in [0.1, 0.15) is 0 Å². The number of hydrazine groups is 1. The zero-order valence-electron chi connectivity index (χ0n) is 14.6. The molecule has 3 rings (SSSR count). The highest BCUT2D eigenvalue weighted by Crippen LogP contribution is 2.27. The van der Waals surface area contributed by atoms with Crippen LogP contribution >= 0.6 is 0 Å². The van der Waals surface area contributed by atoms with Crippen molar-refractivity contribution >= 4 is 5.91 Å². The van der Waals surface area contributed by atoms with Gasteiger partial charge in [0.05, 0.1) is 6.04 Å². The molecule has 0 aromatic heterocycles. The molecule has 1 amide bonds. The molecule has 132 valence electrons. The summed E-state index contributed by atoms with van der Waals surface area (Å²) in [6.45, 7) is 0.690. The lowest BCUT2D eigenvalue weighted by molar-refractivity contribution is -0.133. The molecule has 1 aromatic carbocycles. The minimum atomic E-state index is -0.338. The summed E-state index contributed by atoms with van der Waals surface area (Å²) in [5.74, 6) is 0.451. The van der Waals surface area contributed by atoms with Crippen LogP contribution in [0.15, 0.2) is 30.3 Å². The predicted molar refractivity (Wildman–Crippen MR) is 96.0 cm³/mol. The summed E-state index contributed by atoms with van der Waals surface area (Å²) in [4.78, 5) is 14.4. The molecule has 3 atom stereocenters. The number of carbonyl (C=O) groups is 1. The molecule has 1 aliphatic heterocycles. The van der Waals surface area contributed by atoms with Gasteiger partial charge in [0.15, 0.2) is 0 Å². The van der Waals surface area contributed by atoms with Crippen molar-refractivity contribution in [2.75, 3.05) is 13.6 Å². The molecule has 0 radical (unpaired) electrons. The molecule has 0 bridgehead atoms. The fourth-order valence-corrected chi connectivity index (χ4v) is 4.02. The van der Waals surface area contributed by atoms with Crippen LogP contribution in [0.25, 0.3) is 0 Å². The van der Waals surface area contributed by atoms with Crippen LogP contribution in [0.2, 0.25) is 0 Å². The number of nitrogens with two attached hydrogens (primary N) is 1. The van der Waals surface area contributed by atoms with Gasteiger partial charge in [-0.2, -0.15) is 0 Å². The topological polar surface area (TPSA) is 70.4 Å². The van der Waals surface area contributed by atoms with Crippen LogP contribution in [0.1, 0.15) is 50.1 Å². The van der Waals surface area contributed by atoms with Gasteiger partial charge in [0.25, 0.3) is 0 Å². The fourth-order valence-electron chi connectivity index (χ4n) is 4.02. The molecule has 1 aliphatic carbocycles. The Kier molecular flexibility index (Phi) is 5.87. The van der Waals surface area contributed by atoms with Crippen molar-refractivity contribution < 1.29 is 4.79 Å². The van der Waals surface area contributed by atoms with E-state index < -0.39 is 0 Å². The minimum absolute atomic E-state index is 0.0897. The molecule has 5 nitrogen and oxygen atoms in total. The van der Waals surface area contributed by atoms with Gasteiger partial charge in [-0.15, -0.1) is 0 Å². The zero-order chi connectivity index (χ0) is 16.9. The van der Waals surface area contributed by atoms with Gasteiger partial charge in [0, 0.05) is 25.7 Å². The third-order valence-electron chi connectivity index (χ3n) is 5.50. The SMILES string of the molecule is CN(CC1CC(c2ccccc2)NN1)C(=O)[C@H](N)C1CCCCC1. The number of nitrogens with one attached hydrogen (secondary N) is 2. The quantitative estimate of drug-likeness (QED) is 0.772. The number of carbonyl (C=O) groups excluding carboxylic acids is 1. The average Bonchev–Trinajstić information content (AvgIpc) is 3.10. The summed E-state index contributed by atoms with van der Waals surface area (Å²) in [7, 11) is 1.88. The molecule has 1 saturated carbocycles.